The molecule has 0 spiro atoms. The van der Waals surface area contributed by atoms with Gasteiger partial charge in [-0.2, -0.15) is 0 Å². The molecule has 0 radical (unpaired) electrons. The van der Waals surface area contributed by atoms with Gasteiger partial charge in [0.25, 0.3) is 0 Å². The van der Waals surface area contributed by atoms with Crippen molar-refractivity contribution >= 4 is 9.84 Å². The summed E-state index contributed by atoms with van der Waals surface area (Å²) in [6.45, 7) is 1.99. The molecule has 0 aliphatic heterocycles. The third-order valence-electron chi connectivity index (χ3n) is 2.95. The standard InChI is InChI=1S/C14H15F5O2S/c1-2-3-4-5-6-7-8-22(20,21)14-12(18)10(16)9(15)11(17)13(14)19/h7-8H,2-6H2,1H3/b8-7+. The van der Waals surface area contributed by atoms with Crippen molar-refractivity contribution < 1.29 is 30.4 Å². The Kier molecular flexibility index (Phi) is 6.52. The van der Waals surface area contributed by atoms with Crippen LogP contribution < -0.4 is 0 Å². The van der Waals surface area contributed by atoms with Gasteiger partial charge in [0.1, 0.15) is 4.90 Å². The van der Waals surface area contributed by atoms with E-state index in [9.17, 15) is 30.4 Å². The summed E-state index contributed by atoms with van der Waals surface area (Å²) in [6.07, 6.45) is 4.92. The maximum Gasteiger partial charge on any atom is 0.205 e. The highest BCUT2D eigenvalue weighted by molar-refractivity contribution is 7.94. The fourth-order valence-electron chi connectivity index (χ4n) is 1.79. The van der Waals surface area contributed by atoms with E-state index in [1.165, 1.54) is 0 Å². The molecule has 8 heteroatoms. The average Bonchev–Trinajstić information content (AvgIpc) is 2.46. The molecule has 124 valence electrons. The summed E-state index contributed by atoms with van der Waals surface area (Å²) in [4.78, 5) is -1.83. The molecule has 0 fully saturated rings. The van der Waals surface area contributed by atoms with E-state index in [1.807, 2.05) is 6.92 Å². The molecule has 0 saturated carbocycles. The second-order valence-corrected chi connectivity index (χ2v) is 6.44. The Hall–Kier alpha value is -1.44. The van der Waals surface area contributed by atoms with Gasteiger partial charge in [0.2, 0.25) is 15.7 Å². The molecule has 0 aromatic heterocycles. The summed E-state index contributed by atoms with van der Waals surface area (Å²) in [7, 11) is -4.75. The van der Waals surface area contributed by atoms with Gasteiger partial charge < -0.3 is 0 Å². The van der Waals surface area contributed by atoms with E-state index in [-0.39, 0.29) is 0 Å². The molecule has 0 aliphatic rings. The molecule has 0 unspecified atom stereocenters. The van der Waals surface area contributed by atoms with E-state index in [0.717, 1.165) is 25.3 Å². The van der Waals surface area contributed by atoms with Crippen LogP contribution >= 0.6 is 0 Å². The van der Waals surface area contributed by atoms with Gasteiger partial charge in [-0.15, -0.1) is 0 Å². The molecule has 1 aromatic rings. The van der Waals surface area contributed by atoms with Crippen LogP contribution in [0.15, 0.2) is 16.4 Å². The van der Waals surface area contributed by atoms with Crippen molar-refractivity contribution in [2.45, 2.75) is 43.9 Å². The van der Waals surface area contributed by atoms with Crippen molar-refractivity contribution in [2.24, 2.45) is 0 Å². The first-order chi connectivity index (χ1) is 10.2. The Labute approximate surface area is 125 Å². The van der Waals surface area contributed by atoms with Gasteiger partial charge in [-0.05, 0) is 12.8 Å². The third kappa shape index (κ3) is 4.06. The zero-order valence-electron chi connectivity index (χ0n) is 11.8. The first-order valence-corrected chi connectivity index (χ1v) is 8.21. The Morgan fingerprint density at radius 2 is 1.32 bits per heavy atom. The van der Waals surface area contributed by atoms with E-state index >= 15 is 0 Å². The van der Waals surface area contributed by atoms with E-state index < -0.39 is 43.8 Å². The Morgan fingerprint density at radius 3 is 1.82 bits per heavy atom. The fourth-order valence-corrected chi connectivity index (χ4v) is 2.99. The molecule has 2 nitrogen and oxygen atoms in total. The summed E-state index contributed by atoms with van der Waals surface area (Å²) in [5.41, 5.74) is 0. The van der Waals surface area contributed by atoms with E-state index in [2.05, 4.69) is 0 Å². The minimum Gasteiger partial charge on any atom is -0.219 e. The van der Waals surface area contributed by atoms with Crippen LogP contribution in [0.1, 0.15) is 39.0 Å². The monoisotopic (exact) mass is 342 g/mol. The van der Waals surface area contributed by atoms with Gasteiger partial charge in [0.05, 0.1) is 0 Å². The number of benzene rings is 1. The molecule has 0 bridgehead atoms. The first-order valence-electron chi connectivity index (χ1n) is 6.67. The van der Waals surface area contributed by atoms with Crippen molar-refractivity contribution in [3.8, 4) is 0 Å². The van der Waals surface area contributed by atoms with Gasteiger partial charge in [-0.25, -0.2) is 30.4 Å². The lowest BCUT2D eigenvalue weighted by molar-refractivity contribution is 0.358. The molecular formula is C14H15F5O2S. The number of unbranched alkanes of at least 4 members (excludes halogenated alkanes) is 4. The van der Waals surface area contributed by atoms with E-state index in [4.69, 9.17) is 0 Å². The molecule has 22 heavy (non-hydrogen) atoms. The normalized spacial score (nSPS) is 12.3. The number of sulfone groups is 1. The minimum atomic E-state index is -4.75. The highest BCUT2D eigenvalue weighted by Crippen LogP contribution is 2.28. The maximum atomic E-state index is 13.4. The van der Waals surface area contributed by atoms with Crippen molar-refractivity contribution in [1.29, 1.82) is 0 Å². The van der Waals surface area contributed by atoms with Crippen molar-refractivity contribution in [2.75, 3.05) is 0 Å². The van der Waals surface area contributed by atoms with E-state index in [0.29, 0.717) is 18.2 Å². The summed E-state index contributed by atoms with van der Waals surface area (Å²) in [5.74, 6) is -11.7. The van der Waals surface area contributed by atoms with Crippen LogP contribution in [0.5, 0.6) is 0 Å². The van der Waals surface area contributed by atoms with Crippen molar-refractivity contribution in [1.82, 2.24) is 0 Å². The highest BCUT2D eigenvalue weighted by atomic mass is 32.2. The smallest absolute Gasteiger partial charge is 0.205 e. The van der Waals surface area contributed by atoms with Crippen LogP contribution in [-0.2, 0) is 9.84 Å². The largest absolute Gasteiger partial charge is 0.219 e. The van der Waals surface area contributed by atoms with Crippen LogP contribution in [0.3, 0.4) is 0 Å². The Balaban J connectivity index is 3.07. The second-order valence-electron chi connectivity index (χ2n) is 4.67. The first kappa shape index (κ1) is 18.6. The zero-order valence-corrected chi connectivity index (χ0v) is 12.6. The van der Waals surface area contributed by atoms with Crippen molar-refractivity contribution in [3.05, 3.63) is 40.6 Å². The predicted molar refractivity (Wildman–Crippen MR) is 71.3 cm³/mol. The van der Waals surface area contributed by atoms with Gasteiger partial charge in [0, 0.05) is 5.41 Å². The summed E-state index contributed by atoms with van der Waals surface area (Å²) in [6, 6.07) is 0. The summed E-state index contributed by atoms with van der Waals surface area (Å²) < 4.78 is 89.3. The van der Waals surface area contributed by atoms with Crippen LogP contribution in [0, 0.1) is 29.1 Å². The second kappa shape index (κ2) is 7.71. The van der Waals surface area contributed by atoms with E-state index in [1.54, 1.807) is 0 Å². The minimum absolute atomic E-state index is 0.328. The maximum absolute atomic E-state index is 13.4. The van der Waals surface area contributed by atoms with Crippen molar-refractivity contribution in [3.63, 3.8) is 0 Å². The molecule has 0 amide bonds. The molecular weight excluding hydrogens is 327 g/mol. The van der Waals surface area contributed by atoms with Crippen LogP contribution in [0.4, 0.5) is 22.0 Å². The summed E-state index contributed by atoms with van der Waals surface area (Å²) >= 11 is 0. The number of hydrogen-bond acceptors (Lipinski definition) is 2. The lowest BCUT2D eigenvalue weighted by atomic mass is 10.2. The van der Waals surface area contributed by atoms with Gasteiger partial charge in [0.15, 0.2) is 23.3 Å². The molecule has 0 heterocycles. The van der Waals surface area contributed by atoms with Crippen LogP contribution in [0.2, 0.25) is 0 Å². The number of hydrogen-bond donors (Lipinski definition) is 0. The average molecular weight is 342 g/mol. The van der Waals surface area contributed by atoms with Gasteiger partial charge >= 0.3 is 0 Å². The molecule has 1 aromatic carbocycles. The molecule has 0 aliphatic carbocycles. The highest BCUT2D eigenvalue weighted by Gasteiger charge is 2.32. The number of rotatable bonds is 7. The molecule has 0 atom stereocenters. The Morgan fingerprint density at radius 1 is 0.818 bits per heavy atom. The number of allylic oxidation sites excluding steroid dienone is 1. The van der Waals surface area contributed by atoms with Crippen LogP contribution in [0.25, 0.3) is 0 Å². The zero-order chi connectivity index (χ0) is 16.9. The van der Waals surface area contributed by atoms with Gasteiger partial charge in [-0.3, -0.25) is 0 Å². The lowest BCUT2D eigenvalue weighted by Gasteiger charge is -2.06. The topological polar surface area (TPSA) is 34.1 Å². The predicted octanol–water partition coefficient (Wildman–Crippen LogP) is 4.64. The quantitative estimate of drug-likeness (QED) is 0.238. The number of halogens is 5. The third-order valence-corrected chi connectivity index (χ3v) is 4.43. The molecule has 1 rings (SSSR count). The summed E-state index contributed by atoms with van der Waals surface area (Å²) in [5, 5.41) is 0.469. The fraction of sp³-hybridized carbons (Fsp3) is 0.429. The SMILES string of the molecule is CCCCCC/C=C/S(=O)(=O)c1c(F)c(F)c(F)c(F)c1F. The molecule has 0 saturated heterocycles. The Bertz CT molecular complexity index is 639. The lowest BCUT2D eigenvalue weighted by Crippen LogP contribution is -2.11. The molecule has 0 N–H and O–H groups in total. The van der Waals surface area contributed by atoms with Gasteiger partial charge in [-0.1, -0.05) is 32.3 Å². The van der Waals surface area contributed by atoms with Crippen LogP contribution in [-0.4, -0.2) is 8.42 Å².